The number of aromatic nitrogens is 1. The Morgan fingerprint density at radius 2 is 1.30 bits per heavy atom. The third-order valence-electron chi connectivity index (χ3n) is 4.23. The van der Waals surface area contributed by atoms with Gasteiger partial charge in [0.05, 0.1) is 0 Å². The number of hydrogen-bond acceptors (Lipinski definition) is 3. The molecule has 5 heteroatoms. The highest BCUT2D eigenvalue weighted by Gasteiger charge is 2.25. The van der Waals surface area contributed by atoms with Crippen molar-refractivity contribution >= 4 is 28.9 Å². The van der Waals surface area contributed by atoms with Crippen molar-refractivity contribution in [3.63, 3.8) is 0 Å². The van der Waals surface area contributed by atoms with Crippen LogP contribution in [0.2, 0.25) is 0 Å². The summed E-state index contributed by atoms with van der Waals surface area (Å²) in [5.74, 6) is 3.78. The van der Waals surface area contributed by atoms with E-state index in [-0.39, 0.29) is 0 Å². The molecule has 0 saturated carbocycles. The van der Waals surface area contributed by atoms with E-state index in [1.165, 1.54) is 0 Å². The Kier molecular flexibility index (Phi) is 5.40. The first-order valence-corrected chi connectivity index (χ1v) is 11.4. The Balaban J connectivity index is 1.69. The van der Waals surface area contributed by atoms with Gasteiger partial charge in [0.2, 0.25) is 0 Å². The molecule has 4 rings (SSSR count). The molecule has 0 radical (unpaired) electrons. The Morgan fingerprint density at radius 1 is 0.778 bits per heavy atom. The van der Waals surface area contributed by atoms with Crippen molar-refractivity contribution in [1.29, 1.82) is 0 Å². The minimum absolute atomic E-state index is 0.529. The molecule has 1 N–H and O–H groups in total. The van der Waals surface area contributed by atoms with E-state index in [0.717, 1.165) is 26.5 Å². The van der Waals surface area contributed by atoms with Crippen molar-refractivity contribution in [3.8, 4) is 0 Å². The van der Waals surface area contributed by atoms with Gasteiger partial charge >= 0.3 is 0 Å². The van der Waals surface area contributed by atoms with E-state index in [9.17, 15) is 4.57 Å². The molecule has 0 unspecified atom stereocenters. The van der Waals surface area contributed by atoms with Crippen molar-refractivity contribution in [2.24, 2.45) is 0 Å². The first-order chi connectivity index (χ1) is 13.2. The maximum absolute atomic E-state index is 13.7. The molecule has 134 valence electrons. The van der Waals surface area contributed by atoms with Crippen LogP contribution in [0.1, 0.15) is 16.7 Å². The first-order valence-electron chi connectivity index (χ1n) is 8.70. The number of benzene rings is 2. The van der Waals surface area contributed by atoms with Crippen LogP contribution in [0.4, 0.5) is 0 Å². The molecule has 0 amide bonds. The van der Waals surface area contributed by atoms with E-state index in [2.05, 4.69) is 34.3 Å². The average molecular weight is 390 g/mol. The summed E-state index contributed by atoms with van der Waals surface area (Å²) in [6.07, 6.45) is 3.50. The highest BCUT2D eigenvalue weighted by molar-refractivity contribution is 8.17. The van der Waals surface area contributed by atoms with Gasteiger partial charge in [-0.15, -0.1) is 0 Å². The van der Waals surface area contributed by atoms with Gasteiger partial charge in [0.25, 0.3) is 0 Å². The second-order valence-electron chi connectivity index (χ2n) is 6.22. The van der Waals surface area contributed by atoms with Crippen LogP contribution in [-0.4, -0.2) is 4.98 Å². The lowest BCUT2D eigenvalue weighted by atomic mass is 10.2. The Labute approximate surface area is 163 Å². The molecule has 0 aliphatic carbocycles. The van der Waals surface area contributed by atoms with Crippen LogP contribution < -0.4 is 5.09 Å². The topological polar surface area (TPSA) is 42.0 Å². The van der Waals surface area contributed by atoms with Crippen LogP contribution in [0.25, 0.3) is 9.81 Å². The molecule has 1 aliphatic heterocycles. The molecule has 0 spiro atoms. The smallest absolute Gasteiger partial charge is 0.193 e. The summed E-state index contributed by atoms with van der Waals surface area (Å²) in [4.78, 5) is 6.07. The van der Waals surface area contributed by atoms with Gasteiger partial charge in [-0.3, -0.25) is 14.6 Å². The number of rotatable bonds is 5. The minimum atomic E-state index is -2.84. The fourth-order valence-electron chi connectivity index (χ4n) is 2.84. The fraction of sp³-hybridized carbons (Fsp3) is 0.0455. The highest BCUT2D eigenvalue weighted by Crippen LogP contribution is 2.58. The second kappa shape index (κ2) is 8.10. The molecule has 0 bridgehead atoms. The summed E-state index contributed by atoms with van der Waals surface area (Å²) in [7, 11) is -2.84. The summed E-state index contributed by atoms with van der Waals surface area (Å²) >= 11 is 1.66. The summed E-state index contributed by atoms with van der Waals surface area (Å²) in [6.45, 7) is 0.529. The predicted octanol–water partition coefficient (Wildman–Crippen LogP) is 6.19. The Bertz CT molecular complexity index is 958. The maximum atomic E-state index is 13.7. The molecule has 1 aliphatic rings. The van der Waals surface area contributed by atoms with Crippen molar-refractivity contribution in [1.82, 2.24) is 10.1 Å². The normalized spacial score (nSPS) is 15.7. The maximum Gasteiger partial charge on any atom is 0.193 e. The van der Waals surface area contributed by atoms with Crippen molar-refractivity contribution in [2.75, 3.05) is 0 Å². The Hall–Kier alpha value is -2.39. The number of thioether (sulfide) groups is 1. The number of pyridine rings is 1. The van der Waals surface area contributed by atoms with Gasteiger partial charge in [-0.05, 0) is 28.8 Å². The van der Waals surface area contributed by atoms with Gasteiger partial charge in [-0.2, -0.15) is 0 Å². The molecule has 0 atom stereocenters. The van der Waals surface area contributed by atoms with Crippen molar-refractivity contribution in [3.05, 3.63) is 114 Å². The van der Waals surface area contributed by atoms with Crippen LogP contribution >= 0.6 is 19.1 Å². The number of nitrogens with one attached hydrogen (secondary N) is 1. The summed E-state index contributed by atoms with van der Waals surface area (Å²) in [5.41, 5.74) is 3.22. The molecule has 0 fully saturated rings. The van der Waals surface area contributed by atoms with Crippen LogP contribution in [0.3, 0.4) is 0 Å². The highest BCUT2D eigenvalue weighted by atomic mass is 32.2. The third kappa shape index (κ3) is 4.48. The molecule has 2 aromatic carbocycles. The van der Waals surface area contributed by atoms with E-state index >= 15 is 0 Å². The minimum Gasteiger partial charge on any atom is -0.298 e. The predicted molar refractivity (Wildman–Crippen MR) is 115 cm³/mol. The van der Waals surface area contributed by atoms with Crippen LogP contribution in [-0.2, 0) is 11.1 Å². The van der Waals surface area contributed by atoms with Crippen LogP contribution in [0.5, 0.6) is 0 Å². The SMILES string of the molecule is O=P1(NCc2ccncc2)C=C(c2ccccc2)SC(c2ccccc2)=C1. The molecule has 1 aromatic heterocycles. The van der Waals surface area contributed by atoms with E-state index < -0.39 is 7.29 Å². The molecule has 3 nitrogen and oxygen atoms in total. The zero-order valence-corrected chi connectivity index (χ0v) is 16.4. The van der Waals surface area contributed by atoms with Crippen molar-refractivity contribution < 1.29 is 4.57 Å². The lowest BCUT2D eigenvalue weighted by Gasteiger charge is -2.22. The summed E-state index contributed by atoms with van der Waals surface area (Å²) < 4.78 is 13.7. The summed E-state index contributed by atoms with van der Waals surface area (Å²) in [6, 6.07) is 24.1. The van der Waals surface area contributed by atoms with Gasteiger partial charge in [-0.25, -0.2) is 0 Å². The molecular formula is C22H19N2OPS. The zero-order valence-electron chi connectivity index (χ0n) is 14.7. The van der Waals surface area contributed by atoms with Crippen LogP contribution in [0.15, 0.2) is 96.8 Å². The van der Waals surface area contributed by atoms with E-state index in [4.69, 9.17) is 0 Å². The second-order valence-corrected chi connectivity index (χ2v) is 9.56. The average Bonchev–Trinajstić information content (AvgIpc) is 2.74. The van der Waals surface area contributed by atoms with Gasteiger partial charge in [0, 0.05) is 40.4 Å². The van der Waals surface area contributed by atoms with Gasteiger partial charge < -0.3 is 0 Å². The standard InChI is InChI=1S/C22H19N2OPS/c25-26(24-15-18-11-13-23-14-12-18)16-21(19-7-3-1-4-8-19)27-22(17-26)20-9-5-2-6-10-20/h1-14,16-17H,15H2,(H,24,25). The lowest BCUT2D eigenvalue weighted by molar-refractivity contribution is 0.577. The molecular weight excluding hydrogens is 371 g/mol. The van der Waals surface area contributed by atoms with E-state index in [0.29, 0.717) is 6.54 Å². The molecule has 27 heavy (non-hydrogen) atoms. The van der Waals surface area contributed by atoms with Crippen molar-refractivity contribution in [2.45, 2.75) is 6.54 Å². The number of hydrogen-bond donors (Lipinski definition) is 1. The molecule has 3 aromatic rings. The number of nitrogens with zero attached hydrogens (tertiary/aromatic N) is 1. The fourth-order valence-corrected chi connectivity index (χ4v) is 6.62. The van der Waals surface area contributed by atoms with E-state index in [1.54, 1.807) is 24.2 Å². The van der Waals surface area contributed by atoms with Crippen LogP contribution in [0, 0.1) is 0 Å². The lowest BCUT2D eigenvalue weighted by Crippen LogP contribution is -2.09. The third-order valence-corrected chi connectivity index (χ3v) is 7.67. The van der Waals surface area contributed by atoms with Gasteiger partial charge in [-0.1, -0.05) is 72.4 Å². The summed E-state index contributed by atoms with van der Waals surface area (Å²) in [5, 5.41) is 3.28. The zero-order chi connectivity index (χ0) is 18.5. The molecule has 0 saturated heterocycles. The quantitative estimate of drug-likeness (QED) is 0.527. The Morgan fingerprint density at radius 3 is 1.81 bits per heavy atom. The van der Waals surface area contributed by atoms with Gasteiger partial charge in [0.15, 0.2) is 7.29 Å². The van der Waals surface area contributed by atoms with E-state index in [1.807, 2.05) is 60.2 Å². The largest absolute Gasteiger partial charge is 0.298 e. The van der Waals surface area contributed by atoms with Gasteiger partial charge in [0.1, 0.15) is 0 Å². The first kappa shape index (κ1) is 18.0. The monoisotopic (exact) mass is 390 g/mol. The molecule has 2 heterocycles.